The third-order valence-corrected chi connectivity index (χ3v) is 5.02. The molecule has 0 aliphatic carbocycles. The molecular formula is C19H24N2O3S. The molecule has 0 bridgehead atoms. The number of nitrogens with one attached hydrogen (secondary N) is 1. The van der Waals surface area contributed by atoms with E-state index < -0.39 is 10.0 Å². The molecule has 0 saturated heterocycles. The fourth-order valence-corrected chi connectivity index (χ4v) is 3.33. The van der Waals surface area contributed by atoms with E-state index in [1.54, 1.807) is 18.2 Å². The fraction of sp³-hybridized carbons (Fsp3) is 0.316. The highest BCUT2D eigenvalue weighted by atomic mass is 32.2. The highest BCUT2D eigenvalue weighted by Gasteiger charge is 2.19. The Bertz CT molecular complexity index is 865. The molecule has 2 aromatic rings. The van der Waals surface area contributed by atoms with Crippen molar-refractivity contribution in [1.29, 1.82) is 0 Å². The highest BCUT2D eigenvalue weighted by molar-refractivity contribution is 7.89. The van der Waals surface area contributed by atoms with E-state index in [0.29, 0.717) is 0 Å². The van der Waals surface area contributed by atoms with E-state index in [9.17, 15) is 8.42 Å². The molecule has 0 amide bonds. The van der Waals surface area contributed by atoms with Crippen molar-refractivity contribution in [3.63, 3.8) is 0 Å². The van der Waals surface area contributed by atoms with Gasteiger partial charge in [0.15, 0.2) is 0 Å². The van der Waals surface area contributed by atoms with Crippen LogP contribution in [-0.4, -0.2) is 21.7 Å². The van der Waals surface area contributed by atoms with Gasteiger partial charge in [0.25, 0.3) is 10.0 Å². The van der Waals surface area contributed by atoms with Gasteiger partial charge in [-0.15, -0.1) is 0 Å². The van der Waals surface area contributed by atoms with Crippen LogP contribution in [0.1, 0.15) is 37.5 Å². The second kappa shape index (κ2) is 7.27. The predicted molar refractivity (Wildman–Crippen MR) is 101 cm³/mol. The zero-order valence-electron chi connectivity index (χ0n) is 15.2. The number of ether oxygens (including phenoxy) is 1. The smallest absolute Gasteiger partial charge is 0.280 e. The molecule has 0 unspecified atom stereocenters. The molecule has 0 spiro atoms. The quantitative estimate of drug-likeness (QED) is 0.654. The lowest BCUT2D eigenvalue weighted by Crippen LogP contribution is -2.19. The summed E-state index contributed by atoms with van der Waals surface area (Å²) in [5.74, 6) is 0.280. The lowest BCUT2D eigenvalue weighted by Gasteiger charge is -2.18. The Hall–Kier alpha value is -2.34. The lowest BCUT2D eigenvalue weighted by molar-refractivity contribution is 0.402. The zero-order valence-corrected chi connectivity index (χ0v) is 16.0. The van der Waals surface area contributed by atoms with Crippen LogP contribution in [0.2, 0.25) is 0 Å². The maximum atomic E-state index is 12.4. The van der Waals surface area contributed by atoms with Crippen LogP contribution in [0.4, 0.5) is 0 Å². The van der Waals surface area contributed by atoms with E-state index in [0.717, 1.165) is 11.1 Å². The van der Waals surface area contributed by atoms with Crippen LogP contribution >= 0.6 is 0 Å². The molecule has 1 N–H and O–H groups in total. The first-order valence-electron chi connectivity index (χ1n) is 7.93. The summed E-state index contributed by atoms with van der Waals surface area (Å²) in [6.45, 7) is 8.23. The van der Waals surface area contributed by atoms with Gasteiger partial charge >= 0.3 is 0 Å². The van der Waals surface area contributed by atoms with Gasteiger partial charge in [-0.1, -0.05) is 51.1 Å². The first kappa shape index (κ1) is 19.0. The molecule has 2 aromatic carbocycles. The van der Waals surface area contributed by atoms with Crippen LogP contribution in [0.5, 0.6) is 5.75 Å². The number of methoxy groups -OCH3 is 1. The predicted octanol–water partition coefficient (Wildman–Crippen LogP) is 3.61. The molecule has 25 heavy (non-hydrogen) atoms. The summed E-state index contributed by atoms with van der Waals surface area (Å²) in [6, 6.07) is 12.8. The van der Waals surface area contributed by atoms with Gasteiger partial charge in [-0.2, -0.15) is 18.4 Å². The average molecular weight is 360 g/mol. The van der Waals surface area contributed by atoms with Crippen molar-refractivity contribution in [3.05, 3.63) is 59.2 Å². The summed E-state index contributed by atoms with van der Waals surface area (Å²) in [5, 5.41) is 3.87. The van der Waals surface area contributed by atoms with Gasteiger partial charge in [0, 0.05) is 0 Å². The van der Waals surface area contributed by atoms with Crippen LogP contribution in [-0.2, 0) is 15.4 Å². The summed E-state index contributed by atoms with van der Waals surface area (Å²) < 4.78 is 30.0. The number of rotatable bonds is 5. The Morgan fingerprint density at radius 2 is 1.72 bits per heavy atom. The number of hydrogen-bond acceptors (Lipinski definition) is 4. The van der Waals surface area contributed by atoms with Crippen molar-refractivity contribution in [2.24, 2.45) is 5.10 Å². The standard InChI is InChI=1S/C19H24N2O3S/c1-14-6-11-17(24-5)18(12-14)25(22,23)21-20-13-15-7-9-16(10-8-15)19(2,3)4/h6-13,21H,1-5H3/b20-13+. The lowest BCUT2D eigenvalue weighted by atomic mass is 9.87. The van der Waals surface area contributed by atoms with Gasteiger partial charge in [-0.05, 0) is 41.2 Å². The maximum Gasteiger partial charge on any atom is 0.280 e. The number of sulfonamides is 1. The molecule has 0 aromatic heterocycles. The minimum Gasteiger partial charge on any atom is -0.495 e. The van der Waals surface area contributed by atoms with Crippen molar-refractivity contribution in [2.75, 3.05) is 7.11 Å². The monoisotopic (exact) mass is 360 g/mol. The molecule has 134 valence electrons. The number of hydrogen-bond donors (Lipinski definition) is 1. The molecule has 0 heterocycles. The molecule has 6 heteroatoms. The van der Waals surface area contributed by atoms with Crippen molar-refractivity contribution in [2.45, 2.75) is 38.0 Å². The van der Waals surface area contributed by atoms with E-state index in [1.165, 1.54) is 18.9 Å². The summed E-state index contributed by atoms with van der Waals surface area (Å²) in [4.78, 5) is 2.30. The zero-order chi connectivity index (χ0) is 18.7. The maximum absolute atomic E-state index is 12.4. The van der Waals surface area contributed by atoms with Crippen molar-refractivity contribution < 1.29 is 13.2 Å². The van der Waals surface area contributed by atoms with E-state index in [-0.39, 0.29) is 16.1 Å². The van der Waals surface area contributed by atoms with Gasteiger partial charge < -0.3 is 4.74 Å². The largest absolute Gasteiger partial charge is 0.495 e. The molecule has 0 radical (unpaired) electrons. The third kappa shape index (κ3) is 4.82. The summed E-state index contributed by atoms with van der Waals surface area (Å²) in [6.07, 6.45) is 1.48. The van der Waals surface area contributed by atoms with Gasteiger partial charge in [-0.25, -0.2) is 0 Å². The molecule has 0 atom stereocenters. The summed E-state index contributed by atoms with van der Waals surface area (Å²) in [7, 11) is -2.37. The summed E-state index contributed by atoms with van der Waals surface area (Å²) in [5.41, 5.74) is 2.91. The molecule has 0 aliphatic rings. The first-order valence-corrected chi connectivity index (χ1v) is 9.42. The van der Waals surface area contributed by atoms with Crippen LogP contribution in [0, 0.1) is 6.92 Å². The first-order chi connectivity index (χ1) is 11.6. The number of benzene rings is 2. The molecule has 0 aliphatic heterocycles. The van der Waals surface area contributed by atoms with Crippen molar-refractivity contribution in [3.8, 4) is 5.75 Å². The van der Waals surface area contributed by atoms with Gasteiger partial charge in [-0.3, -0.25) is 0 Å². The van der Waals surface area contributed by atoms with Gasteiger partial charge in [0.2, 0.25) is 0 Å². The minimum absolute atomic E-state index is 0.0650. The Labute approximate surface area is 149 Å². The molecule has 0 fully saturated rings. The van der Waals surface area contributed by atoms with Crippen molar-refractivity contribution >= 4 is 16.2 Å². The Balaban J connectivity index is 2.17. The molecular weight excluding hydrogens is 336 g/mol. The van der Waals surface area contributed by atoms with E-state index >= 15 is 0 Å². The topological polar surface area (TPSA) is 67.8 Å². The van der Waals surface area contributed by atoms with Gasteiger partial charge in [0.05, 0.1) is 13.3 Å². The Morgan fingerprint density at radius 1 is 1.08 bits per heavy atom. The third-order valence-electron chi connectivity index (χ3n) is 3.77. The number of hydrazone groups is 1. The molecule has 5 nitrogen and oxygen atoms in total. The van der Waals surface area contributed by atoms with E-state index in [2.05, 4.69) is 30.7 Å². The van der Waals surface area contributed by atoms with Crippen LogP contribution in [0.3, 0.4) is 0 Å². The van der Waals surface area contributed by atoms with Crippen molar-refractivity contribution in [1.82, 2.24) is 4.83 Å². The van der Waals surface area contributed by atoms with Crippen LogP contribution in [0.15, 0.2) is 52.5 Å². The number of aryl methyl sites for hydroxylation is 1. The average Bonchev–Trinajstić information content (AvgIpc) is 2.54. The van der Waals surface area contributed by atoms with E-state index in [1.807, 2.05) is 31.2 Å². The Morgan fingerprint density at radius 3 is 2.28 bits per heavy atom. The molecule has 0 saturated carbocycles. The Kier molecular flexibility index (Phi) is 5.52. The molecule has 2 rings (SSSR count). The van der Waals surface area contributed by atoms with Crippen LogP contribution in [0.25, 0.3) is 0 Å². The minimum atomic E-state index is -3.80. The second-order valence-corrected chi connectivity index (χ2v) is 8.51. The fourth-order valence-electron chi connectivity index (χ4n) is 2.28. The number of nitrogens with zero attached hydrogens (tertiary/aromatic N) is 1. The highest BCUT2D eigenvalue weighted by Crippen LogP contribution is 2.24. The van der Waals surface area contributed by atoms with E-state index in [4.69, 9.17) is 4.74 Å². The SMILES string of the molecule is COc1ccc(C)cc1S(=O)(=O)N/N=C/c1ccc(C(C)(C)C)cc1. The second-order valence-electron chi connectivity index (χ2n) is 6.88. The van der Waals surface area contributed by atoms with Crippen LogP contribution < -0.4 is 9.57 Å². The normalized spacial score (nSPS) is 12.4. The van der Waals surface area contributed by atoms with Gasteiger partial charge in [0.1, 0.15) is 10.6 Å². The summed E-state index contributed by atoms with van der Waals surface area (Å²) >= 11 is 0.